The number of benzene rings is 2. The van der Waals surface area contributed by atoms with Crippen LogP contribution in [0.4, 0.5) is 5.69 Å². The highest BCUT2D eigenvalue weighted by molar-refractivity contribution is 7.89. The second kappa shape index (κ2) is 7.80. The number of anilines is 1. The molecule has 2 aromatic rings. The Morgan fingerprint density at radius 1 is 1.04 bits per heavy atom. The molecule has 1 fully saturated rings. The van der Waals surface area contributed by atoms with Crippen LogP contribution in [0, 0.1) is 6.92 Å². The fourth-order valence-electron chi connectivity index (χ4n) is 3.16. The molecular weight excluding hydrogens is 364 g/mol. The standard InChI is InChI=1S/C20H24N2O4S/c1-14-6-4-5-7-19(14)21-20(23)17-8-10-18(11-9-17)27(24,25)22-12-15(2)26-16(3)13-22/h4-11,15-16H,12-13H2,1-3H3,(H,21,23)/t15-,16-/m1/s1. The first-order valence-electron chi connectivity index (χ1n) is 8.90. The molecule has 1 N–H and O–H groups in total. The van der Waals surface area contributed by atoms with Gasteiger partial charge in [-0.25, -0.2) is 8.42 Å². The number of hydrogen-bond donors (Lipinski definition) is 1. The maximum absolute atomic E-state index is 12.9. The highest BCUT2D eigenvalue weighted by Gasteiger charge is 2.32. The number of morpholine rings is 1. The molecule has 1 aliphatic heterocycles. The lowest BCUT2D eigenvalue weighted by atomic mass is 10.1. The molecule has 3 rings (SSSR count). The molecule has 27 heavy (non-hydrogen) atoms. The Morgan fingerprint density at radius 2 is 1.63 bits per heavy atom. The highest BCUT2D eigenvalue weighted by atomic mass is 32.2. The first kappa shape index (κ1) is 19.5. The predicted molar refractivity (Wildman–Crippen MR) is 104 cm³/mol. The molecule has 1 aliphatic rings. The van der Waals surface area contributed by atoms with E-state index in [0.717, 1.165) is 11.3 Å². The lowest BCUT2D eigenvalue weighted by Gasteiger charge is -2.34. The Morgan fingerprint density at radius 3 is 2.22 bits per heavy atom. The summed E-state index contributed by atoms with van der Waals surface area (Å²) in [6.45, 7) is 6.27. The van der Waals surface area contributed by atoms with Gasteiger partial charge >= 0.3 is 0 Å². The summed E-state index contributed by atoms with van der Waals surface area (Å²) in [4.78, 5) is 12.6. The number of carbonyl (C=O) groups excluding carboxylic acids is 1. The Balaban J connectivity index is 1.76. The van der Waals surface area contributed by atoms with Gasteiger partial charge < -0.3 is 10.1 Å². The van der Waals surface area contributed by atoms with Crippen LogP contribution in [-0.2, 0) is 14.8 Å². The predicted octanol–water partition coefficient (Wildman–Crippen LogP) is 3.05. The van der Waals surface area contributed by atoms with E-state index >= 15 is 0 Å². The Kier molecular flexibility index (Phi) is 5.64. The second-order valence-electron chi connectivity index (χ2n) is 6.87. The average Bonchev–Trinajstić information content (AvgIpc) is 2.63. The van der Waals surface area contributed by atoms with Crippen LogP contribution in [-0.4, -0.2) is 43.9 Å². The monoisotopic (exact) mass is 388 g/mol. The lowest BCUT2D eigenvalue weighted by Crippen LogP contribution is -2.48. The van der Waals surface area contributed by atoms with Crippen molar-refractivity contribution in [2.45, 2.75) is 37.9 Å². The number of carbonyl (C=O) groups is 1. The third kappa shape index (κ3) is 4.37. The molecule has 0 saturated carbocycles. The average molecular weight is 388 g/mol. The molecule has 0 unspecified atom stereocenters. The van der Waals surface area contributed by atoms with Crippen molar-refractivity contribution in [2.24, 2.45) is 0 Å². The van der Waals surface area contributed by atoms with E-state index in [9.17, 15) is 13.2 Å². The van der Waals surface area contributed by atoms with E-state index in [0.29, 0.717) is 18.7 Å². The van der Waals surface area contributed by atoms with Crippen molar-refractivity contribution in [3.8, 4) is 0 Å². The van der Waals surface area contributed by atoms with Crippen molar-refractivity contribution < 1.29 is 17.9 Å². The molecule has 0 spiro atoms. The van der Waals surface area contributed by atoms with E-state index in [1.165, 1.54) is 28.6 Å². The molecule has 2 aromatic carbocycles. The van der Waals surface area contributed by atoms with Crippen LogP contribution in [0.2, 0.25) is 0 Å². The first-order valence-corrected chi connectivity index (χ1v) is 10.3. The molecule has 1 amide bonds. The summed E-state index contributed by atoms with van der Waals surface area (Å²) in [6.07, 6.45) is -0.301. The molecule has 7 heteroatoms. The minimum atomic E-state index is -3.61. The van der Waals surface area contributed by atoms with Gasteiger partial charge in [0, 0.05) is 24.3 Å². The van der Waals surface area contributed by atoms with Gasteiger partial charge in [0.05, 0.1) is 17.1 Å². The summed E-state index contributed by atoms with van der Waals surface area (Å²) >= 11 is 0. The zero-order chi connectivity index (χ0) is 19.6. The molecule has 144 valence electrons. The number of nitrogens with one attached hydrogen (secondary N) is 1. The minimum Gasteiger partial charge on any atom is -0.373 e. The van der Waals surface area contributed by atoms with Crippen LogP contribution in [0.3, 0.4) is 0 Å². The third-order valence-corrected chi connectivity index (χ3v) is 6.38. The van der Waals surface area contributed by atoms with E-state index in [2.05, 4.69) is 5.32 Å². The van der Waals surface area contributed by atoms with E-state index in [1.54, 1.807) is 0 Å². The third-order valence-electron chi connectivity index (χ3n) is 4.53. The van der Waals surface area contributed by atoms with Gasteiger partial charge in [-0.1, -0.05) is 18.2 Å². The lowest BCUT2D eigenvalue weighted by molar-refractivity contribution is -0.0440. The van der Waals surface area contributed by atoms with E-state index < -0.39 is 10.0 Å². The van der Waals surface area contributed by atoms with Crippen molar-refractivity contribution in [1.82, 2.24) is 4.31 Å². The zero-order valence-electron chi connectivity index (χ0n) is 15.7. The summed E-state index contributed by atoms with van der Waals surface area (Å²) in [7, 11) is -3.61. The van der Waals surface area contributed by atoms with E-state index in [1.807, 2.05) is 45.0 Å². The van der Waals surface area contributed by atoms with Crippen molar-refractivity contribution in [1.29, 1.82) is 0 Å². The number of rotatable bonds is 4. The normalized spacial score (nSPS) is 21.0. The number of amides is 1. The maximum Gasteiger partial charge on any atom is 0.255 e. The highest BCUT2D eigenvalue weighted by Crippen LogP contribution is 2.22. The van der Waals surface area contributed by atoms with Gasteiger partial charge in [0.25, 0.3) is 5.91 Å². The number of nitrogens with zero attached hydrogens (tertiary/aromatic N) is 1. The molecule has 1 heterocycles. The first-order chi connectivity index (χ1) is 12.8. The van der Waals surface area contributed by atoms with Gasteiger partial charge in [-0.3, -0.25) is 4.79 Å². The van der Waals surface area contributed by atoms with Crippen molar-refractivity contribution in [2.75, 3.05) is 18.4 Å². The van der Waals surface area contributed by atoms with Crippen molar-refractivity contribution in [3.05, 3.63) is 59.7 Å². The van der Waals surface area contributed by atoms with Crippen LogP contribution in [0.25, 0.3) is 0 Å². The number of ether oxygens (including phenoxy) is 1. The van der Waals surface area contributed by atoms with E-state index in [4.69, 9.17) is 4.74 Å². The van der Waals surface area contributed by atoms with Gasteiger partial charge in [-0.2, -0.15) is 4.31 Å². The Hall–Kier alpha value is -2.22. The van der Waals surface area contributed by atoms with Gasteiger partial charge in [-0.15, -0.1) is 0 Å². The quantitative estimate of drug-likeness (QED) is 0.873. The summed E-state index contributed by atoms with van der Waals surface area (Å²) in [5.41, 5.74) is 2.09. The fourth-order valence-corrected chi connectivity index (χ4v) is 4.75. The number of para-hydroxylation sites is 1. The number of sulfonamides is 1. The summed E-state index contributed by atoms with van der Waals surface area (Å²) in [5.74, 6) is -0.276. The van der Waals surface area contributed by atoms with Crippen LogP contribution >= 0.6 is 0 Å². The molecule has 2 atom stereocenters. The smallest absolute Gasteiger partial charge is 0.255 e. The second-order valence-corrected chi connectivity index (χ2v) is 8.81. The van der Waals surface area contributed by atoms with Gasteiger partial charge in [-0.05, 0) is 56.7 Å². The van der Waals surface area contributed by atoms with Crippen LogP contribution in [0.15, 0.2) is 53.4 Å². The van der Waals surface area contributed by atoms with Crippen molar-refractivity contribution >= 4 is 21.6 Å². The Labute approximate surface area is 160 Å². The Bertz CT molecular complexity index is 915. The fraction of sp³-hybridized carbons (Fsp3) is 0.350. The zero-order valence-corrected chi connectivity index (χ0v) is 16.5. The van der Waals surface area contributed by atoms with Crippen molar-refractivity contribution in [3.63, 3.8) is 0 Å². The molecular formula is C20H24N2O4S. The number of hydrogen-bond acceptors (Lipinski definition) is 4. The summed E-state index contributed by atoms with van der Waals surface area (Å²) < 4.78 is 32.8. The van der Waals surface area contributed by atoms with Crippen LogP contribution < -0.4 is 5.32 Å². The number of aryl methyl sites for hydroxylation is 1. The summed E-state index contributed by atoms with van der Waals surface area (Å²) in [6, 6.07) is 13.5. The largest absolute Gasteiger partial charge is 0.373 e. The molecule has 0 bridgehead atoms. The van der Waals surface area contributed by atoms with E-state index in [-0.39, 0.29) is 23.0 Å². The van der Waals surface area contributed by atoms with Crippen LogP contribution in [0.1, 0.15) is 29.8 Å². The minimum absolute atomic E-state index is 0.150. The SMILES string of the molecule is Cc1ccccc1NC(=O)c1ccc(S(=O)(=O)N2C[C@@H](C)O[C@H](C)C2)cc1. The topological polar surface area (TPSA) is 75.7 Å². The maximum atomic E-state index is 12.9. The summed E-state index contributed by atoms with van der Waals surface area (Å²) in [5, 5.41) is 2.84. The molecule has 6 nitrogen and oxygen atoms in total. The molecule has 0 aliphatic carbocycles. The van der Waals surface area contributed by atoms with Crippen LogP contribution in [0.5, 0.6) is 0 Å². The molecule has 0 radical (unpaired) electrons. The van der Waals surface area contributed by atoms with Gasteiger partial charge in [0.15, 0.2) is 0 Å². The molecule has 0 aromatic heterocycles. The molecule has 1 saturated heterocycles. The van der Waals surface area contributed by atoms with Gasteiger partial charge in [0.2, 0.25) is 10.0 Å². The van der Waals surface area contributed by atoms with Gasteiger partial charge in [0.1, 0.15) is 0 Å².